The van der Waals surface area contributed by atoms with E-state index in [0.29, 0.717) is 28.8 Å². The Hall–Kier alpha value is -3.64. The van der Waals surface area contributed by atoms with Gasteiger partial charge in [0.15, 0.2) is 11.5 Å². The molecule has 0 fully saturated rings. The highest BCUT2D eigenvalue weighted by molar-refractivity contribution is 6.24. The van der Waals surface area contributed by atoms with Gasteiger partial charge in [0.2, 0.25) is 5.91 Å². The first-order chi connectivity index (χ1) is 16.5. The summed E-state index contributed by atoms with van der Waals surface area (Å²) in [6.07, 6.45) is 0. The summed E-state index contributed by atoms with van der Waals surface area (Å²) in [5, 5.41) is 6.45. The predicted molar refractivity (Wildman–Crippen MR) is 137 cm³/mol. The van der Waals surface area contributed by atoms with Gasteiger partial charge in [-0.3, -0.25) is 9.79 Å². The third-order valence-electron chi connectivity index (χ3n) is 5.80. The molecule has 3 aromatic carbocycles. The van der Waals surface area contributed by atoms with Gasteiger partial charge in [-0.15, -0.1) is 0 Å². The second-order valence-corrected chi connectivity index (χ2v) is 8.77. The van der Waals surface area contributed by atoms with Crippen LogP contribution in [0.4, 0.5) is 11.4 Å². The van der Waals surface area contributed by atoms with E-state index in [9.17, 15) is 4.79 Å². The van der Waals surface area contributed by atoms with Crippen molar-refractivity contribution >= 4 is 23.0 Å². The summed E-state index contributed by atoms with van der Waals surface area (Å²) in [6.45, 7) is 6.17. The van der Waals surface area contributed by atoms with E-state index in [-0.39, 0.29) is 5.91 Å². The van der Waals surface area contributed by atoms with Crippen molar-refractivity contribution in [3.63, 3.8) is 0 Å². The number of anilines is 1. The molecule has 0 spiro atoms. The number of rotatable bonds is 9. The Balaban J connectivity index is 1.72. The minimum absolute atomic E-state index is 0.123. The molecule has 6 heteroatoms. The van der Waals surface area contributed by atoms with Crippen LogP contribution in [0.15, 0.2) is 71.7 Å². The second-order valence-electron chi connectivity index (χ2n) is 8.77. The molecule has 4 rings (SSSR count). The summed E-state index contributed by atoms with van der Waals surface area (Å²) in [4.78, 5) is 18.2. The third kappa shape index (κ3) is 5.13. The van der Waals surface area contributed by atoms with Crippen molar-refractivity contribution in [3.8, 4) is 11.5 Å². The Labute approximate surface area is 201 Å². The Bertz CT molecular complexity index is 1170. The van der Waals surface area contributed by atoms with Gasteiger partial charge in [0.25, 0.3) is 0 Å². The highest BCUT2D eigenvalue weighted by atomic mass is 16.5. The Kier molecular flexibility index (Phi) is 7.28. The molecule has 1 amide bonds. The number of benzene rings is 3. The van der Waals surface area contributed by atoms with Crippen LogP contribution in [0.1, 0.15) is 36.5 Å². The van der Waals surface area contributed by atoms with Crippen molar-refractivity contribution < 1.29 is 14.3 Å². The van der Waals surface area contributed by atoms with E-state index in [2.05, 4.69) is 36.6 Å². The molecule has 0 aliphatic carbocycles. The molecular formula is C28H31N3O3. The summed E-state index contributed by atoms with van der Waals surface area (Å²) in [5.41, 5.74) is 5.11. The van der Waals surface area contributed by atoms with Crippen molar-refractivity contribution in [2.24, 2.45) is 10.9 Å². The van der Waals surface area contributed by atoms with E-state index >= 15 is 0 Å². The molecule has 2 N–H and O–H groups in total. The fourth-order valence-electron chi connectivity index (χ4n) is 4.10. The summed E-state index contributed by atoms with van der Waals surface area (Å²) in [5.74, 6) is 1.07. The molecule has 0 saturated heterocycles. The molecule has 1 aliphatic rings. The zero-order valence-electron chi connectivity index (χ0n) is 20.1. The molecule has 1 unspecified atom stereocenters. The maximum Gasteiger partial charge on any atom is 0.238 e. The quantitative estimate of drug-likeness (QED) is 0.428. The minimum atomic E-state index is -0.565. The number of carbonyl (C=O) groups excluding carboxylic acids is 1. The average molecular weight is 458 g/mol. The van der Waals surface area contributed by atoms with Gasteiger partial charge in [-0.2, -0.15) is 0 Å². The molecular weight excluding hydrogens is 426 g/mol. The molecule has 0 bridgehead atoms. The molecule has 1 aliphatic heterocycles. The number of aliphatic imine (C=N–C) groups is 1. The molecule has 0 aromatic heterocycles. The number of fused-ring (bicyclic) bond motifs is 1. The van der Waals surface area contributed by atoms with Gasteiger partial charge in [-0.05, 0) is 47.4 Å². The summed E-state index contributed by atoms with van der Waals surface area (Å²) in [6, 6.07) is 21.6. The van der Waals surface area contributed by atoms with Crippen molar-refractivity contribution in [3.05, 3.63) is 83.4 Å². The zero-order valence-corrected chi connectivity index (χ0v) is 20.1. The van der Waals surface area contributed by atoms with E-state index in [0.717, 1.165) is 29.9 Å². The van der Waals surface area contributed by atoms with Crippen molar-refractivity contribution in [1.82, 2.24) is 5.32 Å². The molecule has 3 aromatic rings. The smallest absolute Gasteiger partial charge is 0.238 e. The number of hydrogen-bond donors (Lipinski definition) is 2. The van der Waals surface area contributed by atoms with Gasteiger partial charge in [-0.1, -0.05) is 56.3 Å². The number of nitrogens with zero attached hydrogens (tertiary/aromatic N) is 1. The lowest BCUT2D eigenvalue weighted by molar-refractivity contribution is -0.115. The summed E-state index contributed by atoms with van der Waals surface area (Å²) in [7, 11) is 3.17. The van der Waals surface area contributed by atoms with Gasteiger partial charge in [-0.25, -0.2) is 0 Å². The first-order valence-electron chi connectivity index (χ1n) is 11.5. The van der Waals surface area contributed by atoms with Crippen LogP contribution >= 0.6 is 0 Å². The first kappa shape index (κ1) is 23.5. The van der Waals surface area contributed by atoms with Crippen LogP contribution in [0.2, 0.25) is 0 Å². The van der Waals surface area contributed by atoms with E-state index in [1.165, 1.54) is 5.56 Å². The van der Waals surface area contributed by atoms with Crippen LogP contribution in [0.3, 0.4) is 0 Å². The van der Waals surface area contributed by atoms with Crippen molar-refractivity contribution in [2.45, 2.75) is 26.3 Å². The molecule has 34 heavy (non-hydrogen) atoms. The number of ether oxygens (including phenoxy) is 2. The molecule has 176 valence electrons. The summed E-state index contributed by atoms with van der Waals surface area (Å²) >= 11 is 0. The maximum absolute atomic E-state index is 13.2. The highest BCUT2D eigenvalue weighted by Crippen LogP contribution is 2.42. The molecule has 1 heterocycles. The number of nitrogens with one attached hydrogen (secondary N) is 2. The standard InChI is InChI=1S/C28H31N3O3/c1-18(2)16-29-17-19-10-12-21(13-11-19)30-27(20-8-6-5-7-9-20)26-22-14-24(33-3)25(34-4)15-23(22)31-28(26)32/h5-15,18,26,29H,16-17H2,1-4H3,(H,31,32). The van der Waals surface area contributed by atoms with Gasteiger partial charge < -0.3 is 20.1 Å². The molecule has 1 atom stereocenters. The Morgan fingerprint density at radius 2 is 1.68 bits per heavy atom. The number of amides is 1. The fourth-order valence-corrected chi connectivity index (χ4v) is 4.10. The van der Waals surface area contributed by atoms with Crippen LogP contribution in [0.5, 0.6) is 11.5 Å². The lowest BCUT2D eigenvalue weighted by Crippen LogP contribution is -2.22. The van der Waals surface area contributed by atoms with E-state index in [4.69, 9.17) is 14.5 Å². The Morgan fingerprint density at radius 1 is 1.00 bits per heavy atom. The van der Waals surface area contributed by atoms with Gasteiger partial charge in [0.1, 0.15) is 5.92 Å². The second kappa shape index (κ2) is 10.5. The van der Waals surface area contributed by atoms with Crippen LogP contribution in [0.25, 0.3) is 0 Å². The topological polar surface area (TPSA) is 72.0 Å². The number of methoxy groups -OCH3 is 2. The summed E-state index contributed by atoms with van der Waals surface area (Å²) < 4.78 is 10.9. The van der Waals surface area contributed by atoms with Gasteiger partial charge >= 0.3 is 0 Å². The molecule has 6 nitrogen and oxygen atoms in total. The van der Waals surface area contributed by atoms with E-state index in [1.54, 1.807) is 20.3 Å². The SMILES string of the molecule is COc1cc2c(cc1OC)C(C(=Nc1ccc(CNCC(C)C)cc1)c1ccccc1)C(=O)N2. The van der Waals surface area contributed by atoms with Crippen LogP contribution < -0.4 is 20.1 Å². The maximum atomic E-state index is 13.2. The van der Waals surface area contributed by atoms with E-state index < -0.39 is 5.92 Å². The van der Waals surface area contributed by atoms with Gasteiger partial charge in [0, 0.05) is 18.3 Å². The number of carbonyl (C=O) groups is 1. The van der Waals surface area contributed by atoms with Crippen LogP contribution in [-0.2, 0) is 11.3 Å². The third-order valence-corrected chi connectivity index (χ3v) is 5.80. The fraction of sp³-hybridized carbons (Fsp3) is 0.286. The normalized spacial score (nSPS) is 15.3. The molecule has 0 radical (unpaired) electrons. The largest absolute Gasteiger partial charge is 0.493 e. The Morgan fingerprint density at radius 3 is 2.32 bits per heavy atom. The van der Waals surface area contributed by atoms with Gasteiger partial charge in [0.05, 0.1) is 25.6 Å². The zero-order chi connectivity index (χ0) is 24.1. The van der Waals surface area contributed by atoms with Crippen molar-refractivity contribution in [1.29, 1.82) is 0 Å². The highest BCUT2D eigenvalue weighted by Gasteiger charge is 2.36. The van der Waals surface area contributed by atoms with Crippen LogP contribution in [0, 0.1) is 5.92 Å². The monoisotopic (exact) mass is 457 g/mol. The lowest BCUT2D eigenvalue weighted by atomic mass is 9.90. The predicted octanol–water partition coefficient (Wildman–Crippen LogP) is 5.31. The van der Waals surface area contributed by atoms with Crippen molar-refractivity contribution in [2.75, 3.05) is 26.1 Å². The minimum Gasteiger partial charge on any atom is -0.493 e. The molecule has 0 saturated carbocycles. The number of hydrogen-bond acceptors (Lipinski definition) is 5. The lowest BCUT2D eigenvalue weighted by Gasteiger charge is -2.15. The average Bonchev–Trinajstić information content (AvgIpc) is 3.17. The first-order valence-corrected chi connectivity index (χ1v) is 11.5. The van der Waals surface area contributed by atoms with Crippen LogP contribution in [-0.4, -0.2) is 32.4 Å². The van der Waals surface area contributed by atoms with E-state index in [1.807, 2.05) is 48.5 Å².